The van der Waals surface area contributed by atoms with Gasteiger partial charge in [-0.3, -0.25) is 0 Å². The van der Waals surface area contributed by atoms with Crippen LogP contribution < -0.4 is 4.74 Å². The van der Waals surface area contributed by atoms with E-state index in [1.807, 2.05) is 13.0 Å². The maximum Gasteiger partial charge on any atom is 0.122 e. The molecular formula is C16H24O2. The molecule has 1 unspecified atom stereocenters. The molecule has 0 saturated heterocycles. The molecule has 1 atom stereocenters. The third-order valence-corrected chi connectivity index (χ3v) is 4.23. The van der Waals surface area contributed by atoms with Crippen molar-refractivity contribution < 1.29 is 9.84 Å². The summed E-state index contributed by atoms with van der Waals surface area (Å²) in [7, 11) is 1.69. The SMILES string of the molecule is COc1cc(C)c(C2(O)CCC(C)(C)C2)cc1C. The van der Waals surface area contributed by atoms with Gasteiger partial charge in [0.15, 0.2) is 0 Å². The lowest BCUT2D eigenvalue weighted by molar-refractivity contribution is 0.0331. The van der Waals surface area contributed by atoms with E-state index < -0.39 is 5.60 Å². The number of hydrogen-bond acceptors (Lipinski definition) is 2. The molecule has 0 amide bonds. The first-order valence-corrected chi connectivity index (χ1v) is 6.65. The van der Waals surface area contributed by atoms with E-state index in [2.05, 4.69) is 26.8 Å². The van der Waals surface area contributed by atoms with Gasteiger partial charge in [0.05, 0.1) is 12.7 Å². The molecule has 0 aromatic heterocycles. The van der Waals surface area contributed by atoms with Crippen LogP contribution in [0.3, 0.4) is 0 Å². The Bertz CT molecular complexity index is 462. The maximum absolute atomic E-state index is 10.9. The highest BCUT2D eigenvalue weighted by Crippen LogP contribution is 2.50. The lowest BCUT2D eigenvalue weighted by Crippen LogP contribution is -2.24. The van der Waals surface area contributed by atoms with E-state index in [-0.39, 0.29) is 5.41 Å². The van der Waals surface area contributed by atoms with Crippen molar-refractivity contribution in [1.29, 1.82) is 0 Å². The van der Waals surface area contributed by atoms with Crippen LogP contribution in [0.1, 0.15) is 49.8 Å². The predicted molar refractivity (Wildman–Crippen MR) is 74.0 cm³/mol. The maximum atomic E-state index is 10.9. The first kappa shape index (κ1) is 13.4. The van der Waals surface area contributed by atoms with Gasteiger partial charge in [-0.05, 0) is 67.3 Å². The summed E-state index contributed by atoms with van der Waals surface area (Å²) >= 11 is 0. The minimum atomic E-state index is -0.662. The molecule has 2 rings (SSSR count). The van der Waals surface area contributed by atoms with Crippen LogP contribution >= 0.6 is 0 Å². The molecule has 1 aliphatic rings. The highest BCUT2D eigenvalue weighted by molar-refractivity contribution is 5.44. The van der Waals surface area contributed by atoms with E-state index in [4.69, 9.17) is 4.74 Å². The zero-order chi connectivity index (χ0) is 13.6. The van der Waals surface area contributed by atoms with E-state index in [0.29, 0.717) is 0 Å². The van der Waals surface area contributed by atoms with Crippen LogP contribution in [0, 0.1) is 19.3 Å². The Hall–Kier alpha value is -1.02. The molecule has 1 saturated carbocycles. The first-order valence-electron chi connectivity index (χ1n) is 6.65. The number of rotatable bonds is 2. The smallest absolute Gasteiger partial charge is 0.122 e. The third kappa shape index (κ3) is 2.26. The second-order valence-corrected chi connectivity index (χ2v) is 6.51. The molecule has 1 aromatic carbocycles. The van der Waals surface area contributed by atoms with Gasteiger partial charge in [-0.2, -0.15) is 0 Å². The lowest BCUT2D eigenvalue weighted by Gasteiger charge is -2.28. The molecule has 100 valence electrons. The molecule has 18 heavy (non-hydrogen) atoms. The fourth-order valence-corrected chi connectivity index (χ4v) is 3.25. The van der Waals surface area contributed by atoms with E-state index in [0.717, 1.165) is 41.7 Å². The summed E-state index contributed by atoms with van der Waals surface area (Å²) in [6.45, 7) is 8.55. The second-order valence-electron chi connectivity index (χ2n) is 6.51. The summed E-state index contributed by atoms with van der Waals surface area (Å²) in [6.07, 6.45) is 2.77. The van der Waals surface area contributed by atoms with Crippen LogP contribution in [-0.2, 0) is 5.60 Å². The van der Waals surface area contributed by atoms with Crippen molar-refractivity contribution in [3.05, 3.63) is 28.8 Å². The van der Waals surface area contributed by atoms with Crippen molar-refractivity contribution in [2.24, 2.45) is 5.41 Å². The van der Waals surface area contributed by atoms with Crippen LogP contribution in [-0.4, -0.2) is 12.2 Å². The van der Waals surface area contributed by atoms with Crippen LogP contribution in [0.4, 0.5) is 0 Å². The van der Waals surface area contributed by atoms with Crippen molar-refractivity contribution in [3.8, 4) is 5.75 Å². The zero-order valence-corrected chi connectivity index (χ0v) is 12.1. The molecule has 2 heteroatoms. The highest BCUT2D eigenvalue weighted by Gasteiger charge is 2.43. The van der Waals surface area contributed by atoms with Crippen LogP contribution in [0.15, 0.2) is 12.1 Å². The Kier molecular flexibility index (Phi) is 3.18. The molecule has 1 fully saturated rings. The van der Waals surface area contributed by atoms with E-state index in [1.165, 1.54) is 0 Å². The third-order valence-electron chi connectivity index (χ3n) is 4.23. The topological polar surface area (TPSA) is 29.5 Å². The Morgan fingerprint density at radius 2 is 1.78 bits per heavy atom. The van der Waals surface area contributed by atoms with E-state index in [1.54, 1.807) is 7.11 Å². The van der Waals surface area contributed by atoms with Gasteiger partial charge in [-0.1, -0.05) is 13.8 Å². The normalized spacial score (nSPS) is 26.3. The Labute approximate surface area is 110 Å². The van der Waals surface area contributed by atoms with Crippen LogP contribution in [0.5, 0.6) is 5.75 Å². The number of benzene rings is 1. The summed E-state index contributed by atoms with van der Waals surface area (Å²) in [5.41, 5.74) is 2.86. The molecule has 2 nitrogen and oxygen atoms in total. The van der Waals surface area contributed by atoms with Crippen molar-refractivity contribution in [1.82, 2.24) is 0 Å². The molecular weight excluding hydrogens is 224 g/mol. The van der Waals surface area contributed by atoms with Gasteiger partial charge in [-0.25, -0.2) is 0 Å². The van der Waals surface area contributed by atoms with Crippen molar-refractivity contribution in [2.45, 2.75) is 52.6 Å². The molecule has 0 radical (unpaired) electrons. The Morgan fingerprint density at radius 3 is 2.28 bits per heavy atom. The van der Waals surface area contributed by atoms with Crippen molar-refractivity contribution in [3.63, 3.8) is 0 Å². The quantitative estimate of drug-likeness (QED) is 0.864. The number of methoxy groups -OCH3 is 1. The van der Waals surface area contributed by atoms with Gasteiger partial charge < -0.3 is 9.84 Å². The van der Waals surface area contributed by atoms with Gasteiger partial charge in [0.1, 0.15) is 5.75 Å². The summed E-state index contributed by atoms with van der Waals surface area (Å²) in [6, 6.07) is 4.13. The fraction of sp³-hybridized carbons (Fsp3) is 0.625. The van der Waals surface area contributed by atoms with Gasteiger partial charge in [0, 0.05) is 0 Å². The molecule has 1 N–H and O–H groups in total. The summed E-state index contributed by atoms with van der Waals surface area (Å²) in [5, 5.41) is 10.9. The average molecular weight is 248 g/mol. The molecule has 0 bridgehead atoms. The standard InChI is InChI=1S/C16H24O2/c1-11-9-14(18-5)12(2)8-13(11)16(17)7-6-15(3,4)10-16/h8-9,17H,6-7,10H2,1-5H3. The predicted octanol–water partition coefficient (Wildman–Crippen LogP) is 3.71. The first-order chi connectivity index (χ1) is 8.27. The number of ether oxygens (including phenoxy) is 1. The van der Waals surface area contributed by atoms with Crippen molar-refractivity contribution in [2.75, 3.05) is 7.11 Å². The molecule has 1 aromatic rings. The largest absolute Gasteiger partial charge is 0.496 e. The summed E-state index contributed by atoms with van der Waals surface area (Å²) in [5.74, 6) is 0.900. The number of hydrogen-bond donors (Lipinski definition) is 1. The van der Waals surface area contributed by atoms with Crippen LogP contribution in [0.25, 0.3) is 0 Å². The summed E-state index contributed by atoms with van der Waals surface area (Å²) < 4.78 is 5.34. The second kappa shape index (κ2) is 4.27. The van der Waals surface area contributed by atoms with E-state index >= 15 is 0 Å². The van der Waals surface area contributed by atoms with E-state index in [9.17, 15) is 5.11 Å². The minimum absolute atomic E-state index is 0.231. The fourth-order valence-electron chi connectivity index (χ4n) is 3.25. The Morgan fingerprint density at radius 1 is 1.11 bits per heavy atom. The minimum Gasteiger partial charge on any atom is -0.496 e. The monoisotopic (exact) mass is 248 g/mol. The van der Waals surface area contributed by atoms with Crippen molar-refractivity contribution >= 4 is 0 Å². The van der Waals surface area contributed by atoms with Gasteiger partial charge in [0.25, 0.3) is 0 Å². The number of aryl methyl sites for hydroxylation is 2. The lowest BCUT2D eigenvalue weighted by atomic mass is 9.83. The molecule has 0 heterocycles. The molecule has 0 spiro atoms. The van der Waals surface area contributed by atoms with Gasteiger partial charge in [-0.15, -0.1) is 0 Å². The van der Waals surface area contributed by atoms with Crippen LogP contribution in [0.2, 0.25) is 0 Å². The van der Waals surface area contributed by atoms with Gasteiger partial charge in [0.2, 0.25) is 0 Å². The van der Waals surface area contributed by atoms with Gasteiger partial charge >= 0.3 is 0 Å². The molecule has 0 aliphatic heterocycles. The molecule has 1 aliphatic carbocycles. The average Bonchev–Trinajstić information content (AvgIpc) is 2.56. The summed E-state index contributed by atoms with van der Waals surface area (Å²) in [4.78, 5) is 0. The zero-order valence-electron chi connectivity index (χ0n) is 12.1. The number of aliphatic hydroxyl groups is 1. The highest BCUT2D eigenvalue weighted by atomic mass is 16.5. The Balaban J connectivity index is 2.43.